The molecule has 11 heteroatoms. The largest absolute Gasteiger partial charge is 0.489 e. The number of benzene rings is 2. The van der Waals surface area contributed by atoms with Crippen LogP contribution in [0.1, 0.15) is 43.9 Å². The smallest absolute Gasteiger partial charge is 0.278 e. The summed E-state index contributed by atoms with van der Waals surface area (Å²) < 4.78 is 37.2. The van der Waals surface area contributed by atoms with E-state index in [2.05, 4.69) is 44.4 Å². The van der Waals surface area contributed by atoms with Gasteiger partial charge in [-0.3, -0.25) is 4.90 Å². The molecule has 4 N–H and O–H groups in total. The lowest BCUT2D eigenvalue weighted by Crippen LogP contribution is -2.44. The second-order valence-electron chi connectivity index (χ2n) is 10.8. The van der Waals surface area contributed by atoms with Gasteiger partial charge in [0.15, 0.2) is 0 Å². The summed E-state index contributed by atoms with van der Waals surface area (Å²) in [5.41, 5.74) is 11.1. The van der Waals surface area contributed by atoms with E-state index in [9.17, 15) is 8.42 Å². The molecule has 5 rings (SSSR count). The van der Waals surface area contributed by atoms with Gasteiger partial charge in [-0.25, -0.2) is 4.98 Å². The number of aromatic nitrogens is 1. The van der Waals surface area contributed by atoms with E-state index in [1.165, 1.54) is 5.56 Å². The van der Waals surface area contributed by atoms with Gasteiger partial charge >= 0.3 is 0 Å². The lowest BCUT2D eigenvalue weighted by Gasteiger charge is -2.21. The standard InChI is InChI=1S/C28H38N6O3S2/c1-18(2)37-26-11-8-19(14-24(26)29)28-30-15-27(38-28)23-7-5-6-22-21(23)9-10-25(22)32-39(35,36)31-17-34-13-12-20(16-34)33(3)4/h5-8,11,14-15,18,20,25,31-32H,9-10,12-13,16-17,29H2,1-4H3/t20-,25-/m0/s1. The minimum atomic E-state index is -3.64. The Morgan fingerprint density at radius 3 is 2.77 bits per heavy atom. The fourth-order valence-electron chi connectivity index (χ4n) is 5.36. The Hall–Kier alpha value is -2.54. The first-order valence-electron chi connectivity index (χ1n) is 13.4. The van der Waals surface area contributed by atoms with Crippen molar-refractivity contribution in [3.63, 3.8) is 0 Å². The minimum absolute atomic E-state index is 0.0507. The molecule has 2 heterocycles. The van der Waals surface area contributed by atoms with Crippen LogP contribution >= 0.6 is 11.3 Å². The summed E-state index contributed by atoms with van der Waals surface area (Å²) in [6.07, 6.45) is 4.51. The molecule has 0 unspecified atom stereocenters. The first-order chi connectivity index (χ1) is 18.6. The van der Waals surface area contributed by atoms with Gasteiger partial charge in [0.1, 0.15) is 10.8 Å². The number of nitrogens with two attached hydrogens (primary N) is 1. The number of fused-ring (bicyclic) bond motifs is 1. The average Bonchev–Trinajstić information content (AvgIpc) is 3.64. The number of likely N-dealkylation sites (tertiary alicyclic amines) is 1. The van der Waals surface area contributed by atoms with Crippen LogP contribution in [-0.2, 0) is 16.6 Å². The van der Waals surface area contributed by atoms with Crippen LogP contribution in [0.25, 0.3) is 21.0 Å². The maximum atomic E-state index is 12.9. The first kappa shape index (κ1) is 28.0. The number of nitrogens with zero attached hydrogens (tertiary/aromatic N) is 3. The van der Waals surface area contributed by atoms with E-state index in [0.29, 0.717) is 24.1 Å². The summed E-state index contributed by atoms with van der Waals surface area (Å²) in [6.45, 7) is 6.02. The molecule has 1 fully saturated rings. The Kier molecular flexibility index (Phi) is 8.27. The normalized spacial score (nSPS) is 19.7. The van der Waals surface area contributed by atoms with Gasteiger partial charge in [0.2, 0.25) is 0 Å². The van der Waals surface area contributed by atoms with Crippen LogP contribution in [0.5, 0.6) is 5.75 Å². The van der Waals surface area contributed by atoms with Crippen molar-refractivity contribution >= 4 is 27.2 Å². The second kappa shape index (κ2) is 11.5. The van der Waals surface area contributed by atoms with Gasteiger partial charge in [-0.15, -0.1) is 11.3 Å². The predicted octanol–water partition coefficient (Wildman–Crippen LogP) is 3.85. The Morgan fingerprint density at radius 2 is 2.05 bits per heavy atom. The summed E-state index contributed by atoms with van der Waals surface area (Å²) >= 11 is 1.60. The minimum Gasteiger partial charge on any atom is -0.489 e. The van der Waals surface area contributed by atoms with Crippen molar-refractivity contribution in [3.05, 3.63) is 53.7 Å². The van der Waals surface area contributed by atoms with Crippen molar-refractivity contribution in [1.29, 1.82) is 0 Å². The molecular formula is C28H38N6O3S2. The number of hydrogen-bond acceptors (Lipinski definition) is 8. The van der Waals surface area contributed by atoms with E-state index >= 15 is 0 Å². The first-order valence-corrected chi connectivity index (χ1v) is 15.7. The zero-order chi connectivity index (χ0) is 27.7. The van der Waals surface area contributed by atoms with Crippen LogP contribution in [0.2, 0.25) is 0 Å². The molecule has 1 aromatic heterocycles. The van der Waals surface area contributed by atoms with E-state index in [1.807, 2.05) is 50.4 Å². The van der Waals surface area contributed by atoms with Gasteiger partial charge in [-0.2, -0.15) is 17.9 Å². The molecule has 9 nitrogen and oxygen atoms in total. The van der Waals surface area contributed by atoms with Crippen molar-refractivity contribution in [3.8, 4) is 26.8 Å². The predicted molar refractivity (Wildman–Crippen MR) is 158 cm³/mol. The molecule has 39 heavy (non-hydrogen) atoms. The highest BCUT2D eigenvalue weighted by Gasteiger charge is 2.30. The number of rotatable bonds is 10. The van der Waals surface area contributed by atoms with Crippen LogP contribution in [-0.4, -0.2) is 69.2 Å². The van der Waals surface area contributed by atoms with Gasteiger partial charge < -0.3 is 15.4 Å². The second-order valence-corrected chi connectivity index (χ2v) is 13.4. The van der Waals surface area contributed by atoms with Gasteiger partial charge in [0.05, 0.1) is 23.3 Å². The van der Waals surface area contributed by atoms with Gasteiger partial charge in [-0.1, -0.05) is 18.2 Å². The van der Waals surface area contributed by atoms with Crippen molar-refractivity contribution in [2.45, 2.75) is 51.3 Å². The fourth-order valence-corrected chi connectivity index (χ4v) is 7.39. The van der Waals surface area contributed by atoms with Gasteiger partial charge in [-0.05, 0) is 82.1 Å². The SMILES string of the molecule is CC(C)Oc1ccc(-c2ncc(-c3cccc4c3CC[C@@H]4NS(=O)(=O)NCN3CC[C@H](N(C)C)C3)s2)cc1N. The molecule has 2 aromatic carbocycles. The fraction of sp³-hybridized carbons (Fsp3) is 0.464. The van der Waals surface area contributed by atoms with E-state index < -0.39 is 10.2 Å². The molecule has 2 atom stereocenters. The number of nitrogen functional groups attached to an aromatic ring is 1. The average molecular weight is 571 g/mol. The lowest BCUT2D eigenvalue weighted by atomic mass is 10.0. The molecule has 2 aliphatic rings. The molecule has 0 saturated carbocycles. The van der Waals surface area contributed by atoms with E-state index in [1.54, 1.807) is 11.3 Å². The van der Waals surface area contributed by atoms with E-state index in [4.69, 9.17) is 10.5 Å². The Balaban J connectivity index is 1.27. The van der Waals surface area contributed by atoms with E-state index in [0.717, 1.165) is 58.9 Å². The highest BCUT2D eigenvalue weighted by atomic mass is 32.2. The number of likely N-dealkylation sites (N-methyl/N-ethyl adjacent to an activating group) is 1. The van der Waals surface area contributed by atoms with Crippen molar-refractivity contribution in [2.24, 2.45) is 0 Å². The monoisotopic (exact) mass is 570 g/mol. The Labute approximate surface area is 235 Å². The third-order valence-corrected chi connectivity index (χ3v) is 9.60. The number of ether oxygens (including phenoxy) is 1. The van der Waals surface area contributed by atoms with Crippen LogP contribution < -0.4 is 19.9 Å². The van der Waals surface area contributed by atoms with Gasteiger partial charge in [0, 0.05) is 36.9 Å². The van der Waals surface area contributed by atoms with E-state index in [-0.39, 0.29) is 12.1 Å². The van der Waals surface area contributed by atoms with Crippen molar-refractivity contribution in [1.82, 2.24) is 24.2 Å². The highest BCUT2D eigenvalue weighted by molar-refractivity contribution is 7.87. The molecule has 1 aliphatic heterocycles. The Bertz CT molecular complexity index is 1420. The number of nitrogens with one attached hydrogen (secondary N) is 2. The third-order valence-electron chi connectivity index (χ3n) is 7.41. The molecule has 1 aliphatic carbocycles. The summed E-state index contributed by atoms with van der Waals surface area (Å²) in [4.78, 5) is 10.1. The molecule has 1 saturated heterocycles. The molecule has 210 valence electrons. The van der Waals surface area contributed by atoms with Gasteiger partial charge in [0.25, 0.3) is 10.2 Å². The number of hydrogen-bond donors (Lipinski definition) is 3. The highest BCUT2D eigenvalue weighted by Crippen LogP contribution is 2.41. The zero-order valence-corrected chi connectivity index (χ0v) is 24.6. The summed E-state index contributed by atoms with van der Waals surface area (Å²) in [7, 11) is 0.484. The third kappa shape index (κ3) is 6.45. The quantitative estimate of drug-likeness (QED) is 0.318. The van der Waals surface area contributed by atoms with Crippen molar-refractivity contribution in [2.75, 3.05) is 39.6 Å². The van der Waals surface area contributed by atoms with Crippen LogP contribution in [0.15, 0.2) is 42.6 Å². The number of anilines is 1. The topological polar surface area (TPSA) is 113 Å². The Morgan fingerprint density at radius 1 is 1.23 bits per heavy atom. The maximum absolute atomic E-state index is 12.9. The molecule has 0 bridgehead atoms. The molecule has 0 amide bonds. The summed E-state index contributed by atoms with van der Waals surface area (Å²) in [5, 5.41) is 0.878. The summed E-state index contributed by atoms with van der Waals surface area (Å²) in [5.74, 6) is 0.674. The molecule has 0 spiro atoms. The molecule has 3 aromatic rings. The van der Waals surface area contributed by atoms with Crippen LogP contribution in [0, 0.1) is 0 Å². The van der Waals surface area contributed by atoms with Crippen LogP contribution in [0.3, 0.4) is 0 Å². The lowest BCUT2D eigenvalue weighted by molar-refractivity contribution is 0.244. The van der Waals surface area contributed by atoms with Crippen molar-refractivity contribution < 1.29 is 13.2 Å². The zero-order valence-electron chi connectivity index (χ0n) is 23.0. The van der Waals surface area contributed by atoms with Crippen LogP contribution in [0.4, 0.5) is 5.69 Å². The molecule has 0 radical (unpaired) electrons. The number of thiazole rings is 1. The summed E-state index contributed by atoms with van der Waals surface area (Å²) in [6, 6.07) is 12.1. The molecular weight excluding hydrogens is 532 g/mol. The maximum Gasteiger partial charge on any atom is 0.278 e.